The minimum Gasteiger partial charge on any atom is -0.483 e. The molecule has 4 rings (SSSR count). The summed E-state index contributed by atoms with van der Waals surface area (Å²) in [5.41, 5.74) is 1.53. The van der Waals surface area contributed by atoms with Crippen molar-refractivity contribution in [1.29, 1.82) is 0 Å². The largest absolute Gasteiger partial charge is 0.483 e. The number of nitrogens with zero attached hydrogens (tertiary/aromatic N) is 2. The molecule has 3 aliphatic rings. The fraction of sp³-hybridized carbons (Fsp3) is 0.696. The van der Waals surface area contributed by atoms with Gasteiger partial charge in [0.15, 0.2) is 6.61 Å². The summed E-state index contributed by atoms with van der Waals surface area (Å²) in [5.74, 6) is 1.95. The van der Waals surface area contributed by atoms with Crippen LogP contribution in [-0.2, 0) is 11.2 Å². The second kappa shape index (κ2) is 8.22. The summed E-state index contributed by atoms with van der Waals surface area (Å²) in [6.07, 6.45) is 10.0. The van der Waals surface area contributed by atoms with Crippen LogP contribution in [0.2, 0.25) is 0 Å². The number of aryl methyl sites for hydroxylation is 1. The van der Waals surface area contributed by atoms with Crippen LogP contribution in [0.15, 0.2) is 24.3 Å². The molecule has 0 atom stereocenters. The number of fused-ring (bicyclic) bond motifs is 1. The van der Waals surface area contributed by atoms with Crippen LogP contribution in [0.5, 0.6) is 5.75 Å². The third kappa shape index (κ3) is 4.84. The molecule has 2 fully saturated rings. The molecular formula is C23H34N2O2. The van der Waals surface area contributed by atoms with Crippen molar-refractivity contribution in [2.24, 2.45) is 11.3 Å². The zero-order valence-corrected chi connectivity index (χ0v) is 16.8. The number of piperidine rings is 1. The molecule has 1 amide bonds. The van der Waals surface area contributed by atoms with Crippen molar-refractivity contribution in [3.05, 3.63) is 29.8 Å². The van der Waals surface area contributed by atoms with E-state index in [1.807, 2.05) is 24.1 Å². The number of carbonyl (C=O) groups excluding carboxylic acids is 1. The first kappa shape index (κ1) is 18.8. The summed E-state index contributed by atoms with van der Waals surface area (Å²) < 4.78 is 5.89. The first-order chi connectivity index (χ1) is 13.1. The molecule has 148 valence electrons. The molecule has 1 aromatic carbocycles. The SMILES string of the molecule is CN1CC2(CCCCc3ccccc3OCC1=O)CCN(CC1CC1)CC2. The Morgan fingerprint density at radius 1 is 1.11 bits per heavy atom. The van der Waals surface area contributed by atoms with E-state index in [0.717, 1.165) is 24.6 Å². The van der Waals surface area contributed by atoms with Gasteiger partial charge in [-0.25, -0.2) is 0 Å². The molecule has 1 aliphatic carbocycles. The molecule has 0 bridgehead atoms. The Morgan fingerprint density at radius 2 is 1.89 bits per heavy atom. The van der Waals surface area contributed by atoms with E-state index >= 15 is 0 Å². The van der Waals surface area contributed by atoms with Gasteiger partial charge in [-0.1, -0.05) is 24.6 Å². The number of hydrogen-bond acceptors (Lipinski definition) is 3. The zero-order valence-electron chi connectivity index (χ0n) is 16.8. The van der Waals surface area contributed by atoms with Crippen molar-refractivity contribution in [2.75, 3.05) is 39.8 Å². The molecular weight excluding hydrogens is 336 g/mol. The number of rotatable bonds is 2. The Kier molecular flexibility index (Phi) is 5.72. The monoisotopic (exact) mass is 370 g/mol. The molecule has 1 saturated heterocycles. The first-order valence-electron chi connectivity index (χ1n) is 10.8. The third-order valence-corrected chi connectivity index (χ3v) is 6.86. The van der Waals surface area contributed by atoms with Crippen LogP contribution >= 0.6 is 0 Å². The second-order valence-electron chi connectivity index (χ2n) is 9.10. The van der Waals surface area contributed by atoms with Crippen molar-refractivity contribution in [1.82, 2.24) is 9.80 Å². The van der Waals surface area contributed by atoms with Gasteiger partial charge in [0.05, 0.1) is 0 Å². The standard InChI is InChI=1S/C23H34N2O2/c1-24-18-23(12-14-25(15-13-23)16-19-9-10-19)11-5-4-7-20-6-2-3-8-21(20)27-17-22(24)26/h2-3,6,8,19H,4-5,7,9-18H2,1H3. The number of amides is 1. The number of para-hydroxylation sites is 1. The molecule has 1 aromatic rings. The fourth-order valence-corrected chi connectivity index (χ4v) is 4.87. The minimum atomic E-state index is 0.102. The predicted octanol–water partition coefficient (Wildman–Crippen LogP) is 3.74. The van der Waals surface area contributed by atoms with Crippen LogP contribution in [0.25, 0.3) is 0 Å². The normalized spacial score (nSPS) is 24.6. The van der Waals surface area contributed by atoms with Gasteiger partial charge >= 0.3 is 0 Å². The molecule has 27 heavy (non-hydrogen) atoms. The van der Waals surface area contributed by atoms with Gasteiger partial charge in [0, 0.05) is 20.1 Å². The molecule has 1 saturated carbocycles. The van der Waals surface area contributed by atoms with Crippen molar-refractivity contribution in [3.8, 4) is 5.75 Å². The molecule has 4 nitrogen and oxygen atoms in total. The highest BCUT2D eigenvalue weighted by Crippen LogP contribution is 2.39. The van der Waals surface area contributed by atoms with Crippen molar-refractivity contribution >= 4 is 5.91 Å². The van der Waals surface area contributed by atoms with Gasteiger partial charge in [-0.3, -0.25) is 4.79 Å². The first-order valence-corrected chi connectivity index (χ1v) is 10.8. The molecule has 2 aliphatic heterocycles. The van der Waals surface area contributed by atoms with Gasteiger partial charge in [0.25, 0.3) is 5.91 Å². The van der Waals surface area contributed by atoms with Gasteiger partial charge < -0.3 is 14.5 Å². The Labute approximate surface area is 163 Å². The van der Waals surface area contributed by atoms with Crippen LogP contribution in [0.3, 0.4) is 0 Å². The molecule has 0 N–H and O–H groups in total. The lowest BCUT2D eigenvalue weighted by molar-refractivity contribution is -0.134. The molecule has 0 aromatic heterocycles. The smallest absolute Gasteiger partial charge is 0.260 e. The van der Waals surface area contributed by atoms with E-state index in [0.29, 0.717) is 5.41 Å². The van der Waals surface area contributed by atoms with E-state index in [9.17, 15) is 4.79 Å². The maximum absolute atomic E-state index is 12.7. The van der Waals surface area contributed by atoms with E-state index in [4.69, 9.17) is 4.74 Å². The van der Waals surface area contributed by atoms with Gasteiger partial charge in [-0.15, -0.1) is 0 Å². The average molecular weight is 371 g/mol. The van der Waals surface area contributed by atoms with Crippen LogP contribution in [-0.4, -0.2) is 55.5 Å². The van der Waals surface area contributed by atoms with Gasteiger partial charge in [0.1, 0.15) is 5.75 Å². The molecule has 0 unspecified atom stereocenters. The van der Waals surface area contributed by atoms with Crippen LogP contribution < -0.4 is 4.74 Å². The van der Waals surface area contributed by atoms with Gasteiger partial charge in [-0.2, -0.15) is 0 Å². The highest BCUT2D eigenvalue weighted by molar-refractivity contribution is 5.77. The summed E-state index contributed by atoms with van der Waals surface area (Å²) >= 11 is 0. The quantitative estimate of drug-likeness (QED) is 0.795. The van der Waals surface area contributed by atoms with Crippen LogP contribution in [0.1, 0.15) is 50.5 Å². The number of hydrogen-bond donors (Lipinski definition) is 0. The summed E-state index contributed by atoms with van der Waals surface area (Å²) in [6, 6.07) is 8.19. The lowest BCUT2D eigenvalue weighted by Gasteiger charge is -2.44. The number of carbonyl (C=O) groups is 1. The van der Waals surface area contributed by atoms with E-state index in [1.165, 1.54) is 70.1 Å². The summed E-state index contributed by atoms with van der Waals surface area (Å²) in [4.78, 5) is 17.3. The van der Waals surface area contributed by atoms with Gasteiger partial charge in [-0.05, 0) is 81.0 Å². The molecule has 1 spiro atoms. The van der Waals surface area contributed by atoms with E-state index in [2.05, 4.69) is 17.0 Å². The van der Waals surface area contributed by atoms with Crippen LogP contribution in [0, 0.1) is 11.3 Å². The molecule has 4 heteroatoms. The predicted molar refractivity (Wildman–Crippen MR) is 108 cm³/mol. The maximum atomic E-state index is 12.7. The Bertz CT molecular complexity index is 648. The van der Waals surface area contributed by atoms with E-state index in [-0.39, 0.29) is 12.5 Å². The van der Waals surface area contributed by atoms with E-state index in [1.54, 1.807) is 0 Å². The number of benzene rings is 1. The summed E-state index contributed by atoms with van der Waals surface area (Å²) in [5, 5.41) is 0. The minimum absolute atomic E-state index is 0.102. The van der Waals surface area contributed by atoms with Crippen molar-refractivity contribution in [3.63, 3.8) is 0 Å². The zero-order chi connectivity index (χ0) is 18.7. The topological polar surface area (TPSA) is 32.8 Å². The second-order valence-corrected chi connectivity index (χ2v) is 9.10. The number of likely N-dealkylation sites (N-methyl/N-ethyl adjacent to an activating group) is 1. The Morgan fingerprint density at radius 3 is 2.67 bits per heavy atom. The third-order valence-electron chi connectivity index (χ3n) is 6.86. The Hall–Kier alpha value is -1.55. The summed E-state index contributed by atoms with van der Waals surface area (Å²) in [6.45, 7) is 4.75. The lowest BCUT2D eigenvalue weighted by atomic mass is 9.73. The highest BCUT2D eigenvalue weighted by atomic mass is 16.5. The van der Waals surface area contributed by atoms with Gasteiger partial charge in [0.2, 0.25) is 0 Å². The van der Waals surface area contributed by atoms with Crippen molar-refractivity contribution < 1.29 is 9.53 Å². The fourth-order valence-electron chi connectivity index (χ4n) is 4.87. The van der Waals surface area contributed by atoms with Crippen LogP contribution in [0.4, 0.5) is 0 Å². The number of ether oxygens (including phenoxy) is 1. The molecule has 2 heterocycles. The van der Waals surface area contributed by atoms with E-state index < -0.39 is 0 Å². The average Bonchev–Trinajstić information content (AvgIpc) is 3.49. The number of likely N-dealkylation sites (tertiary alicyclic amines) is 1. The Balaban J connectivity index is 1.43. The summed E-state index contributed by atoms with van der Waals surface area (Å²) in [7, 11) is 1.96. The molecule has 0 radical (unpaired) electrons. The highest BCUT2D eigenvalue weighted by Gasteiger charge is 2.37. The van der Waals surface area contributed by atoms with Crippen molar-refractivity contribution in [2.45, 2.75) is 51.4 Å². The lowest BCUT2D eigenvalue weighted by Crippen LogP contribution is -2.48. The maximum Gasteiger partial charge on any atom is 0.260 e.